The van der Waals surface area contributed by atoms with Gasteiger partial charge >= 0.3 is 5.97 Å². The van der Waals surface area contributed by atoms with Crippen molar-refractivity contribution >= 4 is 23.8 Å². The topological polar surface area (TPSA) is 79.8 Å². The van der Waals surface area contributed by atoms with Crippen LogP contribution in [0.1, 0.15) is 21.5 Å². The van der Waals surface area contributed by atoms with Crippen LogP contribution in [-0.2, 0) is 4.79 Å². The normalized spacial score (nSPS) is 10.5. The molecule has 0 saturated heterocycles. The first-order valence-electron chi connectivity index (χ1n) is 9.10. The molecule has 146 valence electrons. The second-order valence-corrected chi connectivity index (χ2v) is 6.34. The number of hydrogen-bond acceptors (Lipinski definition) is 5. The summed E-state index contributed by atoms with van der Waals surface area (Å²) in [7, 11) is 0. The molecular weight excluding hydrogens is 366 g/mol. The number of amides is 1. The largest absolute Gasteiger partial charge is 0.423 e. The zero-order chi connectivity index (χ0) is 20.5. The third-order valence-corrected chi connectivity index (χ3v) is 3.99. The van der Waals surface area contributed by atoms with Gasteiger partial charge in [0.1, 0.15) is 5.75 Å². The molecule has 3 aromatic carbocycles. The molecule has 0 bridgehead atoms. The molecule has 3 rings (SSSR count). The molecule has 0 spiro atoms. The van der Waals surface area contributed by atoms with E-state index in [1.54, 1.807) is 48.5 Å². The lowest BCUT2D eigenvalue weighted by Gasteiger charge is -2.06. The number of carbonyl (C=O) groups is 2. The SMILES string of the molecule is Cc1ccc(NCC(=O)N/N=C\c2cccc(OC(=O)c3ccccc3)c2)cc1. The molecule has 0 aliphatic rings. The van der Waals surface area contributed by atoms with Gasteiger partial charge in [0, 0.05) is 5.69 Å². The Morgan fingerprint density at radius 3 is 2.48 bits per heavy atom. The summed E-state index contributed by atoms with van der Waals surface area (Å²) in [4.78, 5) is 24.0. The summed E-state index contributed by atoms with van der Waals surface area (Å²) < 4.78 is 5.37. The lowest BCUT2D eigenvalue weighted by Crippen LogP contribution is -2.25. The number of anilines is 1. The van der Waals surface area contributed by atoms with Gasteiger partial charge in [0.25, 0.3) is 5.91 Å². The fraction of sp³-hybridized carbons (Fsp3) is 0.0870. The minimum atomic E-state index is -0.435. The average molecular weight is 387 g/mol. The Morgan fingerprint density at radius 2 is 1.72 bits per heavy atom. The third kappa shape index (κ3) is 6.32. The lowest BCUT2D eigenvalue weighted by molar-refractivity contribution is -0.119. The molecular formula is C23H21N3O3. The maximum absolute atomic E-state index is 12.1. The number of rotatable bonds is 7. The second-order valence-electron chi connectivity index (χ2n) is 6.34. The number of esters is 1. The number of hydrazone groups is 1. The van der Waals surface area contributed by atoms with E-state index in [0.29, 0.717) is 16.9 Å². The van der Waals surface area contributed by atoms with Gasteiger partial charge in [0.15, 0.2) is 0 Å². The molecule has 0 heterocycles. The number of ether oxygens (including phenoxy) is 1. The zero-order valence-corrected chi connectivity index (χ0v) is 16.0. The number of nitrogens with one attached hydrogen (secondary N) is 2. The highest BCUT2D eigenvalue weighted by molar-refractivity contribution is 5.91. The summed E-state index contributed by atoms with van der Waals surface area (Å²) in [5, 5.41) is 6.96. The molecule has 0 atom stereocenters. The monoisotopic (exact) mass is 387 g/mol. The molecule has 6 nitrogen and oxygen atoms in total. The van der Waals surface area contributed by atoms with Crippen LogP contribution in [0.3, 0.4) is 0 Å². The molecule has 1 amide bonds. The summed E-state index contributed by atoms with van der Waals surface area (Å²) in [6, 6.07) is 23.4. The predicted molar refractivity (Wildman–Crippen MR) is 113 cm³/mol. The lowest BCUT2D eigenvalue weighted by atomic mass is 10.2. The molecule has 2 N–H and O–H groups in total. The van der Waals surface area contributed by atoms with Crippen molar-refractivity contribution in [3.8, 4) is 5.75 Å². The number of aryl methyl sites for hydroxylation is 1. The van der Waals surface area contributed by atoms with E-state index in [-0.39, 0.29) is 12.5 Å². The first-order valence-corrected chi connectivity index (χ1v) is 9.10. The van der Waals surface area contributed by atoms with Crippen molar-refractivity contribution in [3.05, 3.63) is 95.6 Å². The third-order valence-electron chi connectivity index (χ3n) is 3.99. The quantitative estimate of drug-likeness (QED) is 0.280. The standard InChI is InChI=1S/C23H21N3O3/c1-17-10-12-20(13-11-17)24-16-22(27)26-25-15-18-6-5-9-21(14-18)29-23(28)19-7-3-2-4-8-19/h2-15,24H,16H2,1H3,(H,26,27)/b25-15-. The Kier molecular flexibility index (Phi) is 6.73. The van der Waals surface area contributed by atoms with Crippen LogP contribution in [-0.4, -0.2) is 24.6 Å². The molecule has 0 radical (unpaired) electrons. The molecule has 0 aromatic heterocycles. The van der Waals surface area contributed by atoms with Crippen molar-refractivity contribution in [2.75, 3.05) is 11.9 Å². The predicted octanol–water partition coefficient (Wildman–Crippen LogP) is 3.78. The Morgan fingerprint density at radius 1 is 0.966 bits per heavy atom. The molecule has 0 aliphatic carbocycles. The van der Waals surface area contributed by atoms with Gasteiger partial charge in [-0.25, -0.2) is 10.2 Å². The second kappa shape index (κ2) is 9.85. The van der Waals surface area contributed by atoms with Crippen molar-refractivity contribution in [3.63, 3.8) is 0 Å². The molecule has 0 fully saturated rings. The molecule has 0 unspecified atom stereocenters. The van der Waals surface area contributed by atoms with E-state index >= 15 is 0 Å². The summed E-state index contributed by atoms with van der Waals surface area (Å²) in [6.45, 7) is 2.11. The van der Waals surface area contributed by atoms with Gasteiger partial charge in [-0.2, -0.15) is 5.10 Å². The van der Waals surface area contributed by atoms with E-state index in [4.69, 9.17) is 4.74 Å². The number of benzene rings is 3. The van der Waals surface area contributed by atoms with Gasteiger partial charge < -0.3 is 10.1 Å². The van der Waals surface area contributed by atoms with E-state index in [2.05, 4.69) is 15.8 Å². The Bertz CT molecular complexity index is 999. The molecule has 0 saturated carbocycles. The van der Waals surface area contributed by atoms with Crippen LogP contribution in [0, 0.1) is 6.92 Å². The number of nitrogens with zero attached hydrogens (tertiary/aromatic N) is 1. The highest BCUT2D eigenvalue weighted by atomic mass is 16.5. The fourth-order valence-electron chi connectivity index (χ4n) is 2.47. The maximum Gasteiger partial charge on any atom is 0.343 e. The molecule has 3 aromatic rings. The maximum atomic E-state index is 12.1. The van der Waals surface area contributed by atoms with Gasteiger partial charge in [-0.3, -0.25) is 4.79 Å². The minimum Gasteiger partial charge on any atom is -0.423 e. The van der Waals surface area contributed by atoms with Crippen LogP contribution >= 0.6 is 0 Å². The van der Waals surface area contributed by atoms with Gasteiger partial charge in [-0.05, 0) is 48.9 Å². The smallest absolute Gasteiger partial charge is 0.343 e. The van der Waals surface area contributed by atoms with E-state index in [1.807, 2.05) is 37.3 Å². The summed E-state index contributed by atoms with van der Waals surface area (Å²) in [5.41, 5.74) is 5.64. The first-order chi connectivity index (χ1) is 14.1. The van der Waals surface area contributed by atoms with E-state index in [9.17, 15) is 9.59 Å². The van der Waals surface area contributed by atoms with Crippen LogP contribution in [0.15, 0.2) is 84.0 Å². The molecule has 6 heteroatoms. The van der Waals surface area contributed by atoms with E-state index < -0.39 is 5.97 Å². The van der Waals surface area contributed by atoms with E-state index in [0.717, 1.165) is 11.3 Å². The fourth-order valence-corrected chi connectivity index (χ4v) is 2.47. The summed E-state index contributed by atoms with van der Waals surface area (Å²) in [6.07, 6.45) is 1.49. The zero-order valence-electron chi connectivity index (χ0n) is 16.0. The van der Waals surface area contributed by atoms with Gasteiger partial charge in [-0.1, -0.05) is 48.0 Å². The number of hydrogen-bond donors (Lipinski definition) is 2. The summed E-state index contributed by atoms with van der Waals surface area (Å²) in [5.74, 6) is -0.307. The minimum absolute atomic E-state index is 0.106. The van der Waals surface area contributed by atoms with Gasteiger partial charge in [0.05, 0.1) is 18.3 Å². The highest BCUT2D eigenvalue weighted by Gasteiger charge is 2.07. The van der Waals surface area contributed by atoms with E-state index in [1.165, 1.54) is 6.21 Å². The summed E-state index contributed by atoms with van der Waals surface area (Å²) >= 11 is 0. The molecule has 29 heavy (non-hydrogen) atoms. The highest BCUT2D eigenvalue weighted by Crippen LogP contribution is 2.14. The Labute approximate surface area is 169 Å². The van der Waals surface area contributed by atoms with Crippen LogP contribution in [0.5, 0.6) is 5.75 Å². The average Bonchev–Trinajstić information content (AvgIpc) is 2.74. The van der Waals surface area contributed by atoms with Crippen molar-refractivity contribution < 1.29 is 14.3 Å². The number of carbonyl (C=O) groups excluding carboxylic acids is 2. The molecule has 0 aliphatic heterocycles. The van der Waals surface area contributed by atoms with Gasteiger partial charge in [0.2, 0.25) is 0 Å². The first kappa shape index (κ1) is 19.8. The van der Waals surface area contributed by atoms with Gasteiger partial charge in [-0.15, -0.1) is 0 Å². The van der Waals surface area contributed by atoms with Crippen LogP contribution in [0.2, 0.25) is 0 Å². The van der Waals surface area contributed by atoms with Crippen LogP contribution in [0.25, 0.3) is 0 Å². The van der Waals surface area contributed by atoms with Crippen molar-refractivity contribution in [1.82, 2.24) is 5.43 Å². The van der Waals surface area contributed by atoms with Crippen molar-refractivity contribution in [1.29, 1.82) is 0 Å². The van der Waals surface area contributed by atoms with Crippen LogP contribution in [0.4, 0.5) is 5.69 Å². The van der Waals surface area contributed by atoms with Crippen molar-refractivity contribution in [2.24, 2.45) is 5.10 Å². The van der Waals surface area contributed by atoms with Crippen molar-refractivity contribution in [2.45, 2.75) is 6.92 Å². The Hall–Kier alpha value is -3.93. The van der Waals surface area contributed by atoms with Crippen LogP contribution < -0.4 is 15.5 Å². The Balaban J connectivity index is 1.50.